The maximum atomic E-state index is 10.1. The highest BCUT2D eigenvalue weighted by Crippen LogP contribution is 2.20. The topological polar surface area (TPSA) is 56.7 Å². The van der Waals surface area contributed by atoms with Gasteiger partial charge in [-0.1, -0.05) is 30.3 Å². The molecule has 0 fully saturated rings. The lowest BCUT2D eigenvalue weighted by Crippen LogP contribution is -2.42. The Morgan fingerprint density at radius 1 is 1.27 bits per heavy atom. The summed E-state index contributed by atoms with van der Waals surface area (Å²) in [6.07, 6.45) is 2.31. The van der Waals surface area contributed by atoms with Gasteiger partial charge < -0.3 is 15.7 Å². The summed E-state index contributed by atoms with van der Waals surface area (Å²) in [4.78, 5) is 4.60. The molecule has 22 heavy (non-hydrogen) atoms. The van der Waals surface area contributed by atoms with Crippen molar-refractivity contribution in [3.63, 3.8) is 0 Å². The van der Waals surface area contributed by atoms with Gasteiger partial charge in [0.25, 0.3) is 0 Å². The molecule has 1 aromatic carbocycles. The number of rotatable bonds is 8. The zero-order chi connectivity index (χ0) is 16.4. The first kappa shape index (κ1) is 18.8. The Balaban J connectivity index is 2.48. The molecule has 4 nitrogen and oxygen atoms in total. The highest BCUT2D eigenvalue weighted by atomic mass is 32.2. The molecular weight excluding hydrogens is 294 g/mol. The van der Waals surface area contributed by atoms with Crippen LogP contribution in [-0.2, 0) is 6.42 Å². The monoisotopic (exact) mass is 323 g/mol. The molecule has 1 aromatic rings. The lowest BCUT2D eigenvalue weighted by molar-refractivity contribution is 0.177. The minimum absolute atomic E-state index is 0.116. The van der Waals surface area contributed by atoms with E-state index in [0.717, 1.165) is 24.6 Å². The smallest absolute Gasteiger partial charge is 0.191 e. The first-order valence-electron chi connectivity index (χ1n) is 7.76. The fourth-order valence-corrected chi connectivity index (χ4v) is 2.04. The van der Waals surface area contributed by atoms with Crippen molar-refractivity contribution in [3.05, 3.63) is 35.9 Å². The van der Waals surface area contributed by atoms with Gasteiger partial charge in [0.2, 0.25) is 0 Å². The number of aliphatic imine (C=N–C) groups is 1. The molecule has 0 radical (unpaired) electrons. The van der Waals surface area contributed by atoms with Crippen LogP contribution in [0.25, 0.3) is 0 Å². The van der Waals surface area contributed by atoms with E-state index in [1.165, 1.54) is 0 Å². The summed E-state index contributed by atoms with van der Waals surface area (Å²) in [7, 11) is 0. The molecule has 0 aromatic heterocycles. The van der Waals surface area contributed by atoms with Gasteiger partial charge in [-0.15, -0.1) is 0 Å². The first-order valence-corrected chi connectivity index (χ1v) is 8.98. The highest BCUT2D eigenvalue weighted by molar-refractivity contribution is 7.99. The van der Waals surface area contributed by atoms with Gasteiger partial charge in [-0.2, -0.15) is 11.8 Å². The number of guanidine groups is 1. The summed E-state index contributed by atoms with van der Waals surface area (Å²) < 4.78 is 0.116. The van der Waals surface area contributed by atoms with Crippen LogP contribution in [0.4, 0.5) is 0 Å². The lowest BCUT2D eigenvalue weighted by Gasteiger charge is -2.21. The largest absolute Gasteiger partial charge is 0.391 e. The Hall–Kier alpha value is -1.20. The summed E-state index contributed by atoms with van der Waals surface area (Å²) in [6, 6.07) is 10.0. The van der Waals surface area contributed by atoms with Gasteiger partial charge in [0, 0.05) is 24.3 Å². The summed E-state index contributed by atoms with van der Waals surface area (Å²) in [6.45, 7) is 8.42. The Kier molecular flexibility index (Phi) is 8.35. The first-order chi connectivity index (χ1) is 10.5. The van der Waals surface area contributed by atoms with Crippen LogP contribution in [0.3, 0.4) is 0 Å². The maximum Gasteiger partial charge on any atom is 0.191 e. The van der Waals surface area contributed by atoms with Crippen molar-refractivity contribution in [2.75, 3.05) is 25.9 Å². The van der Waals surface area contributed by atoms with Gasteiger partial charge in [-0.3, -0.25) is 4.99 Å². The van der Waals surface area contributed by atoms with Gasteiger partial charge in [-0.25, -0.2) is 0 Å². The molecule has 1 unspecified atom stereocenters. The van der Waals surface area contributed by atoms with Crippen LogP contribution in [-0.4, -0.2) is 47.8 Å². The van der Waals surface area contributed by atoms with Crippen molar-refractivity contribution in [1.29, 1.82) is 0 Å². The molecule has 0 amide bonds. The third kappa shape index (κ3) is 7.71. The number of benzene rings is 1. The normalized spacial score (nSPS) is 13.8. The Bertz CT molecular complexity index is 448. The van der Waals surface area contributed by atoms with Crippen molar-refractivity contribution in [1.82, 2.24) is 10.6 Å². The summed E-state index contributed by atoms with van der Waals surface area (Å²) >= 11 is 1.80. The quantitative estimate of drug-likeness (QED) is 0.507. The molecular formula is C17H29N3OS. The predicted octanol–water partition coefficient (Wildman–Crippen LogP) is 2.29. The Labute approximate surface area is 138 Å². The minimum atomic E-state index is -0.431. The van der Waals surface area contributed by atoms with E-state index in [9.17, 15) is 5.11 Å². The van der Waals surface area contributed by atoms with Crippen LogP contribution in [0.2, 0.25) is 0 Å². The van der Waals surface area contributed by atoms with E-state index in [4.69, 9.17) is 0 Å². The molecule has 0 saturated heterocycles. The van der Waals surface area contributed by atoms with Crippen LogP contribution < -0.4 is 10.6 Å². The van der Waals surface area contributed by atoms with Gasteiger partial charge in [0.15, 0.2) is 5.96 Å². The van der Waals surface area contributed by atoms with E-state index in [1.807, 2.05) is 37.3 Å². The van der Waals surface area contributed by atoms with E-state index < -0.39 is 6.10 Å². The second-order valence-corrected chi connectivity index (χ2v) is 7.40. The van der Waals surface area contributed by atoms with Crippen LogP contribution in [0.1, 0.15) is 26.3 Å². The van der Waals surface area contributed by atoms with Gasteiger partial charge in [0.1, 0.15) is 0 Å². The molecule has 124 valence electrons. The number of hydrogen-bond donors (Lipinski definition) is 3. The number of aliphatic hydroxyl groups excluding tert-OH is 1. The molecule has 0 spiro atoms. The number of nitrogens with one attached hydrogen (secondary N) is 2. The van der Waals surface area contributed by atoms with Gasteiger partial charge in [-0.05, 0) is 32.6 Å². The highest BCUT2D eigenvalue weighted by Gasteiger charge is 2.15. The van der Waals surface area contributed by atoms with Crippen molar-refractivity contribution >= 4 is 17.7 Å². The minimum Gasteiger partial charge on any atom is -0.391 e. The molecule has 0 aliphatic carbocycles. The molecule has 0 heterocycles. The SMILES string of the molecule is CCNC(=NCC(C)(C)SC)NCC(O)Cc1ccccc1. The summed E-state index contributed by atoms with van der Waals surface area (Å²) in [5, 5.41) is 16.6. The van der Waals surface area contributed by atoms with Crippen molar-refractivity contribution in [2.45, 2.75) is 38.0 Å². The third-order valence-electron chi connectivity index (χ3n) is 3.33. The molecule has 1 rings (SSSR count). The van der Waals surface area contributed by atoms with Crippen LogP contribution in [0, 0.1) is 0 Å². The van der Waals surface area contributed by atoms with Gasteiger partial charge >= 0.3 is 0 Å². The van der Waals surface area contributed by atoms with Gasteiger partial charge in [0.05, 0.1) is 12.6 Å². The van der Waals surface area contributed by atoms with Crippen LogP contribution in [0.15, 0.2) is 35.3 Å². The molecule has 0 saturated carbocycles. The number of nitrogens with zero attached hydrogens (tertiary/aromatic N) is 1. The zero-order valence-electron chi connectivity index (χ0n) is 14.1. The fraction of sp³-hybridized carbons (Fsp3) is 0.588. The molecule has 3 N–H and O–H groups in total. The average molecular weight is 324 g/mol. The van der Waals surface area contributed by atoms with E-state index >= 15 is 0 Å². The zero-order valence-corrected chi connectivity index (χ0v) is 14.9. The number of aliphatic hydroxyl groups is 1. The van der Waals surface area contributed by atoms with Crippen molar-refractivity contribution in [3.8, 4) is 0 Å². The molecule has 0 bridgehead atoms. The maximum absolute atomic E-state index is 10.1. The second-order valence-electron chi connectivity index (χ2n) is 5.88. The van der Waals surface area contributed by atoms with Crippen LogP contribution in [0.5, 0.6) is 0 Å². The van der Waals surface area contributed by atoms with Crippen molar-refractivity contribution in [2.24, 2.45) is 4.99 Å². The second kappa shape index (κ2) is 9.74. The third-order valence-corrected chi connectivity index (χ3v) is 4.57. The van der Waals surface area contributed by atoms with E-state index in [-0.39, 0.29) is 4.75 Å². The summed E-state index contributed by atoms with van der Waals surface area (Å²) in [5.41, 5.74) is 1.14. The van der Waals surface area contributed by atoms with E-state index in [2.05, 4.69) is 35.7 Å². The Morgan fingerprint density at radius 3 is 2.55 bits per heavy atom. The number of thioether (sulfide) groups is 1. The standard InChI is InChI=1S/C17H29N3OS/c1-5-18-16(20-13-17(2,3)22-4)19-12-15(21)11-14-9-7-6-8-10-14/h6-10,15,21H,5,11-13H2,1-4H3,(H2,18,19,20). The molecule has 1 atom stereocenters. The van der Waals surface area contributed by atoms with E-state index in [1.54, 1.807) is 11.8 Å². The van der Waals surface area contributed by atoms with E-state index in [0.29, 0.717) is 13.0 Å². The number of hydrogen-bond acceptors (Lipinski definition) is 3. The molecule has 0 aliphatic heterocycles. The fourth-order valence-electron chi connectivity index (χ4n) is 1.85. The molecule has 5 heteroatoms. The summed E-state index contributed by atoms with van der Waals surface area (Å²) in [5.74, 6) is 0.761. The van der Waals surface area contributed by atoms with Crippen molar-refractivity contribution < 1.29 is 5.11 Å². The lowest BCUT2D eigenvalue weighted by atomic mass is 10.1. The Morgan fingerprint density at radius 2 is 1.95 bits per heavy atom. The predicted molar refractivity (Wildman–Crippen MR) is 97.7 cm³/mol. The molecule has 0 aliphatic rings. The van der Waals surface area contributed by atoms with Crippen LogP contribution >= 0.6 is 11.8 Å². The average Bonchev–Trinajstić information content (AvgIpc) is 2.51.